The molecule has 0 bridgehead atoms. The maximum Gasteiger partial charge on any atom is 0.303 e. The van der Waals surface area contributed by atoms with E-state index in [4.69, 9.17) is 22.9 Å². The minimum Gasteiger partial charge on any atom is -0.508 e. The molecule has 4 saturated heterocycles. The first-order valence-electron chi connectivity index (χ1n) is 35.7. The van der Waals surface area contributed by atoms with E-state index in [1.54, 1.807) is 13.8 Å². The monoisotopic (exact) mass is 1480 g/mol. The van der Waals surface area contributed by atoms with Crippen LogP contribution in [-0.2, 0) is 78.3 Å². The van der Waals surface area contributed by atoms with E-state index in [0.717, 1.165) is 18.7 Å². The fourth-order valence-corrected chi connectivity index (χ4v) is 12.8. The van der Waals surface area contributed by atoms with Gasteiger partial charge in [-0.25, -0.2) is 0 Å². The number of carboxylic acid groups (broad SMARTS) is 1. The number of aliphatic hydroxyl groups excluding tert-OH is 3. The van der Waals surface area contributed by atoms with Gasteiger partial charge in [-0.15, -0.1) is 0 Å². The average molecular weight is 1480 g/mol. The number of aliphatic carboxylic acids is 1. The lowest BCUT2D eigenvalue weighted by Crippen LogP contribution is -2.62. The Hall–Kier alpha value is -9.82. The van der Waals surface area contributed by atoms with E-state index in [1.807, 2.05) is 0 Å². The summed E-state index contributed by atoms with van der Waals surface area (Å²) in [5.74, 6) is -16.2. The normalized spacial score (nSPS) is 27.6. The molecule has 1 aromatic carbocycles. The van der Waals surface area contributed by atoms with Gasteiger partial charge >= 0.3 is 5.97 Å². The number of amides is 14. The molecule has 23 N–H and O–H groups in total. The Morgan fingerprint density at radius 2 is 0.924 bits per heavy atom. The summed E-state index contributed by atoms with van der Waals surface area (Å²) in [4.78, 5) is 220. The zero-order chi connectivity index (χ0) is 77.9. The van der Waals surface area contributed by atoms with Crippen LogP contribution in [0.4, 0.5) is 0 Å². The van der Waals surface area contributed by atoms with E-state index in [0.29, 0.717) is 18.4 Å². The van der Waals surface area contributed by atoms with Crippen LogP contribution in [0, 0.1) is 5.92 Å². The third-order valence-corrected chi connectivity index (χ3v) is 19.0. The second-order valence-electron chi connectivity index (χ2n) is 27.1. The molecule has 4 heterocycles. The molecule has 38 nitrogen and oxygen atoms in total. The van der Waals surface area contributed by atoms with E-state index in [1.165, 1.54) is 41.0 Å². The number of primary amides is 1. The number of carbonyl (C=O) groups is 15. The first-order valence-corrected chi connectivity index (χ1v) is 35.7. The zero-order valence-electron chi connectivity index (χ0n) is 60.0. The highest BCUT2D eigenvalue weighted by molar-refractivity contribution is 6.01. The molecule has 0 radical (unpaired) electrons. The number of unbranched alkanes of at least 4 members (excludes halogenated alkanes) is 1. The molecule has 0 saturated carbocycles. The quantitative estimate of drug-likeness (QED) is 0.0291. The van der Waals surface area contributed by atoms with Gasteiger partial charge in [0.05, 0.1) is 18.8 Å². The van der Waals surface area contributed by atoms with Crippen LogP contribution in [0.2, 0.25) is 0 Å². The maximum atomic E-state index is 14.7. The van der Waals surface area contributed by atoms with Crippen LogP contribution in [0.1, 0.15) is 149 Å². The third-order valence-electron chi connectivity index (χ3n) is 19.0. The predicted octanol–water partition coefficient (Wildman–Crippen LogP) is -6.71. The molecule has 584 valence electrons. The molecular formula is C67H106N18O20. The molecule has 0 aliphatic carbocycles. The lowest BCUT2D eigenvalue weighted by Gasteiger charge is -2.35. The molecule has 0 unspecified atom stereocenters. The van der Waals surface area contributed by atoms with Gasteiger partial charge in [0.2, 0.25) is 82.7 Å². The summed E-state index contributed by atoms with van der Waals surface area (Å²) in [5.41, 5.74) is 23.0. The summed E-state index contributed by atoms with van der Waals surface area (Å²) >= 11 is 0. The number of carbonyl (C=O) groups excluding carboxylic acids is 14. The smallest absolute Gasteiger partial charge is 0.303 e. The Balaban J connectivity index is 1.59. The minimum atomic E-state index is -1.89. The Morgan fingerprint density at radius 1 is 0.505 bits per heavy atom. The number of nitrogens with one attached hydrogen (secondary N) is 10. The second-order valence-corrected chi connectivity index (χ2v) is 27.1. The molecule has 5 rings (SSSR count). The second kappa shape index (κ2) is 41.6. The summed E-state index contributed by atoms with van der Waals surface area (Å²) in [5, 5.41) is 77.5. The summed E-state index contributed by atoms with van der Waals surface area (Å²) in [6, 6.07) is -14.7. The van der Waals surface area contributed by atoms with Crippen LogP contribution in [0.15, 0.2) is 29.3 Å². The van der Waals surface area contributed by atoms with Crippen molar-refractivity contribution in [1.82, 2.24) is 67.9 Å². The van der Waals surface area contributed by atoms with Crippen molar-refractivity contribution in [3.63, 3.8) is 0 Å². The van der Waals surface area contributed by atoms with Crippen molar-refractivity contribution in [3.05, 3.63) is 29.8 Å². The van der Waals surface area contributed by atoms with Crippen molar-refractivity contribution in [2.75, 3.05) is 39.3 Å². The first kappa shape index (κ1) is 85.8. The lowest BCUT2D eigenvalue weighted by molar-refractivity contribution is -0.149. The van der Waals surface area contributed by atoms with Crippen LogP contribution in [0.3, 0.4) is 0 Å². The number of hydrogen-bond donors (Lipinski definition) is 19. The summed E-state index contributed by atoms with van der Waals surface area (Å²) in [6.07, 6.45) is -4.68. The number of nitrogens with two attached hydrogens (primary N) is 4. The van der Waals surface area contributed by atoms with Gasteiger partial charge in [-0.3, -0.25) is 76.9 Å². The number of phenols is 1. The highest BCUT2D eigenvalue weighted by atomic mass is 16.4. The molecule has 0 aromatic heterocycles. The van der Waals surface area contributed by atoms with Gasteiger partial charge in [-0.1, -0.05) is 32.4 Å². The van der Waals surface area contributed by atoms with E-state index in [-0.39, 0.29) is 121 Å². The van der Waals surface area contributed by atoms with Gasteiger partial charge in [0.1, 0.15) is 84.3 Å². The van der Waals surface area contributed by atoms with E-state index in [9.17, 15) is 97.5 Å². The van der Waals surface area contributed by atoms with Gasteiger partial charge in [0.15, 0.2) is 5.96 Å². The van der Waals surface area contributed by atoms with E-state index < -0.39 is 218 Å². The number of guanidine groups is 1. The van der Waals surface area contributed by atoms with Crippen molar-refractivity contribution < 1.29 is 97.5 Å². The number of nitrogens with zero attached hydrogens (tertiary/aromatic N) is 4. The van der Waals surface area contributed by atoms with Gasteiger partial charge in [-0.2, -0.15) is 0 Å². The van der Waals surface area contributed by atoms with Gasteiger partial charge in [0.25, 0.3) is 0 Å². The maximum absolute atomic E-state index is 14.7. The van der Waals surface area contributed by atoms with Crippen LogP contribution in [0.5, 0.6) is 5.75 Å². The van der Waals surface area contributed by atoms with Crippen molar-refractivity contribution in [2.24, 2.45) is 33.8 Å². The number of aryl methyl sites for hydroxylation is 1. The number of carboxylic acids is 1. The van der Waals surface area contributed by atoms with Crippen molar-refractivity contribution >= 4 is 94.6 Å². The van der Waals surface area contributed by atoms with Crippen molar-refractivity contribution in [2.45, 2.75) is 241 Å². The first-order chi connectivity index (χ1) is 49.7. The number of aliphatic imine (C=N–C) groups is 1. The Bertz CT molecular complexity index is 3280. The molecule has 4 aliphatic rings. The minimum absolute atomic E-state index is 0.00307. The molecule has 0 spiro atoms. The summed E-state index contributed by atoms with van der Waals surface area (Å²) < 4.78 is 0. The molecular weight excluding hydrogens is 1380 g/mol. The number of phenolic OH excluding ortho intramolecular Hbond substituents is 1. The van der Waals surface area contributed by atoms with Gasteiger partial charge in [0, 0.05) is 39.0 Å². The topological polar surface area (TPSA) is 604 Å². The molecule has 4 fully saturated rings. The van der Waals surface area contributed by atoms with Crippen LogP contribution < -0.4 is 76.1 Å². The largest absolute Gasteiger partial charge is 0.508 e. The van der Waals surface area contributed by atoms with E-state index >= 15 is 0 Å². The third kappa shape index (κ3) is 25.5. The average Bonchev–Trinajstić information content (AvgIpc) is 1.70. The fraction of sp³-hybridized carbons (Fsp3) is 0.672. The number of rotatable bonds is 22. The lowest BCUT2D eigenvalue weighted by atomic mass is 9.96. The summed E-state index contributed by atoms with van der Waals surface area (Å²) in [7, 11) is 0. The van der Waals surface area contributed by atoms with E-state index in [2.05, 4.69) is 58.2 Å². The molecule has 4 aliphatic heterocycles. The van der Waals surface area contributed by atoms with Gasteiger partial charge < -0.3 is 116 Å². The predicted molar refractivity (Wildman–Crippen MR) is 374 cm³/mol. The molecule has 14 amide bonds. The highest BCUT2D eigenvalue weighted by Gasteiger charge is 2.47. The Kier molecular flexibility index (Phi) is 34.0. The SMILES string of the molecule is CC[C@H](C)[C@@H]1NC(=O)[C@H](CO)NC(=O)[C@H](C)NC(=O)[C@H]([C@@H](C)O)NC(=O)[C@H](CCc2ccc(O)cc2)NC(=O)[C@H](CCCN=C(N)N)NC(=O)[C@H](CCC(=O)O)NC(=O)[C@H]2CCCN2C(=O)[C@H]([C@@H](C)O)NC(=O)[C@H](CCCCN)NC(=O)[C@H](CCC(N)=O)NC(=O)[C@@H]2CCCN2C(=O)[C@@H]2CCCN2C1=O. The molecule has 16 atom stereocenters. The number of hydrogen-bond acceptors (Lipinski definition) is 21. The van der Waals surface area contributed by atoms with Crippen molar-refractivity contribution in [3.8, 4) is 5.75 Å². The number of fused-ring (bicyclic) bond motifs is 3. The summed E-state index contributed by atoms with van der Waals surface area (Å²) in [6.45, 7) is 5.71. The fourth-order valence-electron chi connectivity index (χ4n) is 12.8. The van der Waals surface area contributed by atoms with Gasteiger partial charge in [-0.05, 0) is 147 Å². The number of benzene rings is 1. The van der Waals surface area contributed by atoms with Crippen LogP contribution in [-0.4, -0.2) is 265 Å². The highest BCUT2D eigenvalue weighted by Crippen LogP contribution is 2.28. The van der Waals surface area contributed by atoms with Crippen LogP contribution in [0.25, 0.3) is 0 Å². The number of aliphatic hydroxyl groups is 3. The molecule has 1 aromatic rings. The molecule has 105 heavy (non-hydrogen) atoms. The van der Waals surface area contributed by atoms with Crippen LogP contribution >= 0.6 is 0 Å². The number of aromatic hydroxyl groups is 1. The molecule has 38 heteroatoms. The zero-order valence-corrected chi connectivity index (χ0v) is 60.0. The Morgan fingerprint density at radius 3 is 1.41 bits per heavy atom. The van der Waals surface area contributed by atoms with Crippen molar-refractivity contribution in [1.29, 1.82) is 0 Å². The standard InChI is InChI=1S/C67H106N18O20/c1-6-34(2)51-65(104)85-32-12-17-48(85)64(103)83-30-10-15-46(83)61(100)77-43(24-26-49(69)90)56(95)74-40(13-7-8-28-68)58(97)82-53(37(5)88)66(105)84-31-11-16-47(84)62(101)78-44(25-27-50(91)92)57(96)75-41(14-9-29-72-67(70)71)55(94)76-42(23-20-38-18-21-39(89)22-19-38)59(98)81-52(36(4)87)63(102)73-35(3)54(93)79-45(33-86)60(99)80-51/h18-19,21-22,34-37,40-48,51-53,86-89H,6-17,20,23-33,68H2,1-5H3,(H2,69,90)(H,73,102)(H,74,95)(H,75,96)(H,76,94)(H,77,100)(H,78,101)(H,79,93)(H,80,99)(H,81,98)(H,82,97)(H,91,92)(H4,70,71,72)/t34-,35-,36+,37+,40-,41-,42-,43-,44-,45-,46-,47+,48-,51-,52-,53-/m0/s1. The Labute approximate surface area is 607 Å².